The third kappa shape index (κ3) is 18.4. The molecule has 0 atom stereocenters. The SMILES string of the molecule is CC/C=C\C/C=C\C/C=C\CCCC/C=C\CCCC(=O)OC. The molecule has 130 valence electrons. The van der Waals surface area contributed by atoms with Crippen LogP contribution < -0.4 is 0 Å². The maximum absolute atomic E-state index is 10.9. The second kappa shape index (κ2) is 18.5. The van der Waals surface area contributed by atoms with Crippen molar-refractivity contribution >= 4 is 5.97 Å². The molecule has 0 saturated heterocycles. The topological polar surface area (TPSA) is 26.3 Å². The molecule has 0 heterocycles. The van der Waals surface area contributed by atoms with Crippen molar-refractivity contribution in [3.8, 4) is 0 Å². The molecule has 0 saturated carbocycles. The molecule has 0 N–H and O–H groups in total. The summed E-state index contributed by atoms with van der Waals surface area (Å²) in [6, 6.07) is 0. The number of esters is 1. The highest BCUT2D eigenvalue weighted by molar-refractivity contribution is 5.68. The van der Waals surface area contributed by atoms with Crippen molar-refractivity contribution in [2.24, 2.45) is 0 Å². The summed E-state index contributed by atoms with van der Waals surface area (Å²) in [4.78, 5) is 10.9. The third-order valence-electron chi connectivity index (χ3n) is 3.42. The van der Waals surface area contributed by atoms with E-state index < -0.39 is 0 Å². The van der Waals surface area contributed by atoms with Crippen molar-refractivity contribution in [3.63, 3.8) is 0 Å². The fraction of sp³-hybridized carbons (Fsp3) is 0.571. The van der Waals surface area contributed by atoms with Crippen LogP contribution in [-0.2, 0) is 9.53 Å². The van der Waals surface area contributed by atoms with E-state index in [0.717, 1.165) is 38.5 Å². The zero-order valence-corrected chi connectivity index (χ0v) is 15.0. The Kier molecular flexibility index (Phi) is 17.2. The fourth-order valence-corrected chi connectivity index (χ4v) is 2.05. The van der Waals surface area contributed by atoms with Gasteiger partial charge in [-0.05, 0) is 57.8 Å². The number of hydrogen-bond donors (Lipinski definition) is 0. The first-order valence-corrected chi connectivity index (χ1v) is 8.98. The van der Waals surface area contributed by atoms with Crippen LogP contribution in [-0.4, -0.2) is 13.1 Å². The number of carbonyl (C=O) groups excluding carboxylic acids is 1. The highest BCUT2D eigenvalue weighted by atomic mass is 16.5. The summed E-state index contributed by atoms with van der Waals surface area (Å²) in [7, 11) is 1.44. The van der Waals surface area contributed by atoms with E-state index >= 15 is 0 Å². The predicted octanol–water partition coefficient (Wildman–Crippen LogP) is 6.31. The van der Waals surface area contributed by atoms with Gasteiger partial charge in [0, 0.05) is 6.42 Å². The van der Waals surface area contributed by atoms with Gasteiger partial charge >= 0.3 is 5.97 Å². The van der Waals surface area contributed by atoms with Gasteiger partial charge in [0.25, 0.3) is 0 Å². The van der Waals surface area contributed by atoms with Crippen molar-refractivity contribution in [1.82, 2.24) is 0 Å². The number of unbranched alkanes of at least 4 members (excludes halogenated alkanes) is 4. The maximum Gasteiger partial charge on any atom is 0.305 e. The Bertz CT molecular complexity index is 375. The van der Waals surface area contributed by atoms with Crippen LogP contribution in [0.5, 0.6) is 0 Å². The first kappa shape index (κ1) is 21.4. The summed E-state index contributed by atoms with van der Waals surface area (Å²) in [5, 5.41) is 0. The lowest BCUT2D eigenvalue weighted by Crippen LogP contribution is -1.98. The number of allylic oxidation sites excluding steroid dienone is 8. The van der Waals surface area contributed by atoms with E-state index in [9.17, 15) is 4.79 Å². The molecule has 0 aromatic rings. The minimum absolute atomic E-state index is 0.113. The molecule has 0 amide bonds. The average Bonchev–Trinajstić information content (AvgIpc) is 2.57. The molecule has 0 unspecified atom stereocenters. The maximum atomic E-state index is 10.9. The molecular weight excluding hydrogens is 284 g/mol. The monoisotopic (exact) mass is 318 g/mol. The predicted molar refractivity (Wildman–Crippen MR) is 100 cm³/mol. The van der Waals surface area contributed by atoms with Gasteiger partial charge in [0.15, 0.2) is 0 Å². The van der Waals surface area contributed by atoms with Gasteiger partial charge in [-0.25, -0.2) is 0 Å². The highest BCUT2D eigenvalue weighted by Crippen LogP contribution is 2.04. The van der Waals surface area contributed by atoms with Crippen LogP contribution in [0.1, 0.15) is 71.1 Å². The summed E-state index contributed by atoms with van der Waals surface area (Å²) >= 11 is 0. The number of hydrogen-bond acceptors (Lipinski definition) is 2. The van der Waals surface area contributed by atoms with Crippen LogP contribution in [0.25, 0.3) is 0 Å². The van der Waals surface area contributed by atoms with Crippen LogP contribution in [0.4, 0.5) is 0 Å². The van der Waals surface area contributed by atoms with Gasteiger partial charge in [0.05, 0.1) is 7.11 Å². The molecule has 0 aromatic heterocycles. The van der Waals surface area contributed by atoms with Crippen LogP contribution in [0, 0.1) is 0 Å². The summed E-state index contributed by atoms with van der Waals surface area (Å²) in [6.07, 6.45) is 28.2. The lowest BCUT2D eigenvalue weighted by atomic mass is 10.1. The van der Waals surface area contributed by atoms with E-state index in [0.29, 0.717) is 6.42 Å². The second-order valence-corrected chi connectivity index (χ2v) is 5.52. The molecule has 2 nitrogen and oxygen atoms in total. The molecule has 0 aliphatic heterocycles. The molecule has 0 spiro atoms. The first-order chi connectivity index (χ1) is 11.3. The molecule has 0 bridgehead atoms. The molecule has 0 aliphatic rings. The minimum Gasteiger partial charge on any atom is -0.469 e. The number of methoxy groups -OCH3 is 1. The molecule has 0 aromatic carbocycles. The van der Waals surface area contributed by atoms with Crippen molar-refractivity contribution < 1.29 is 9.53 Å². The second-order valence-electron chi connectivity index (χ2n) is 5.52. The van der Waals surface area contributed by atoms with Gasteiger partial charge in [0.2, 0.25) is 0 Å². The molecule has 0 radical (unpaired) electrons. The Hall–Kier alpha value is -1.57. The van der Waals surface area contributed by atoms with Crippen LogP contribution in [0.2, 0.25) is 0 Å². The number of carbonyl (C=O) groups is 1. The van der Waals surface area contributed by atoms with Crippen LogP contribution >= 0.6 is 0 Å². The smallest absolute Gasteiger partial charge is 0.305 e. The molecule has 2 heteroatoms. The molecule has 0 rings (SSSR count). The van der Waals surface area contributed by atoms with Gasteiger partial charge in [-0.2, -0.15) is 0 Å². The summed E-state index contributed by atoms with van der Waals surface area (Å²) < 4.78 is 4.60. The van der Waals surface area contributed by atoms with Crippen molar-refractivity contribution in [3.05, 3.63) is 48.6 Å². The van der Waals surface area contributed by atoms with Crippen LogP contribution in [0.15, 0.2) is 48.6 Å². The Morgan fingerprint density at radius 3 is 1.78 bits per heavy atom. The Balaban J connectivity index is 3.33. The van der Waals surface area contributed by atoms with E-state index in [4.69, 9.17) is 0 Å². The van der Waals surface area contributed by atoms with Crippen molar-refractivity contribution in [2.75, 3.05) is 7.11 Å². The van der Waals surface area contributed by atoms with E-state index in [2.05, 4.69) is 60.3 Å². The fourth-order valence-electron chi connectivity index (χ4n) is 2.05. The highest BCUT2D eigenvalue weighted by Gasteiger charge is 1.96. The molecule has 0 fully saturated rings. The lowest BCUT2D eigenvalue weighted by Gasteiger charge is -1.96. The van der Waals surface area contributed by atoms with E-state index in [-0.39, 0.29) is 5.97 Å². The Morgan fingerprint density at radius 2 is 1.22 bits per heavy atom. The lowest BCUT2D eigenvalue weighted by molar-refractivity contribution is -0.140. The zero-order valence-electron chi connectivity index (χ0n) is 15.0. The average molecular weight is 319 g/mol. The quantitative estimate of drug-likeness (QED) is 0.213. The number of rotatable bonds is 14. The summed E-state index contributed by atoms with van der Waals surface area (Å²) in [6.45, 7) is 2.16. The minimum atomic E-state index is -0.113. The van der Waals surface area contributed by atoms with E-state index in [1.54, 1.807) is 0 Å². The van der Waals surface area contributed by atoms with Gasteiger partial charge in [-0.3, -0.25) is 4.79 Å². The normalized spacial score (nSPS) is 12.3. The largest absolute Gasteiger partial charge is 0.469 e. The molecule has 0 aliphatic carbocycles. The number of ether oxygens (including phenoxy) is 1. The summed E-state index contributed by atoms with van der Waals surface area (Å²) in [5.41, 5.74) is 0. The Labute approximate surface area is 143 Å². The van der Waals surface area contributed by atoms with E-state index in [1.807, 2.05) is 0 Å². The molecule has 23 heavy (non-hydrogen) atoms. The molecular formula is C21H34O2. The van der Waals surface area contributed by atoms with Gasteiger partial charge in [-0.15, -0.1) is 0 Å². The zero-order chi connectivity index (χ0) is 17.0. The standard InChI is InChI=1S/C21H34O2/c1-3-4-5-6-7-8-9-10-11-12-13-14-15-16-17-18-19-20-21(22)23-2/h4-5,7-8,10-11,16-17H,3,6,9,12-15,18-20H2,1-2H3/b5-4-,8-7-,11-10-,17-16-. The van der Waals surface area contributed by atoms with E-state index in [1.165, 1.54) is 26.4 Å². The van der Waals surface area contributed by atoms with Gasteiger partial charge in [0.1, 0.15) is 0 Å². The van der Waals surface area contributed by atoms with Crippen molar-refractivity contribution in [2.45, 2.75) is 71.1 Å². The van der Waals surface area contributed by atoms with Gasteiger partial charge < -0.3 is 4.74 Å². The van der Waals surface area contributed by atoms with Crippen LogP contribution in [0.3, 0.4) is 0 Å². The Morgan fingerprint density at radius 1 is 0.739 bits per heavy atom. The first-order valence-electron chi connectivity index (χ1n) is 8.98. The third-order valence-corrected chi connectivity index (χ3v) is 3.42. The summed E-state index contributed by atoms with van der Waals surface area (Å²) in [5.74, 6) is -0.113. The van der Waals surface area contributed by atoms with Crippen molar-refractivity contribution in [1.29, 1.82) is 0 Å². The van der Waals surface area contributed by atoms with Gasteiger partial charge in [-0.1, -0.05) is 55.5 Å².